The van der Waals surface area contributed by atoms with Crippen LogP contribution in [0.3, 0.4) is 0 Å². The second-order valence-corrected chi connectivity index (χ2v) is 4.11. The van der Waals surface area contributed by atoms with Gasteiger partial charge in [0.15, 0.2) is 0 Å². The van der Waals surface area contributed by atoms with Gasteiger partial charge in [-0.1, -0.05) is 6.07 Å². The standard InChI is InChI=1S/C14H20FNO3/c1-2-16(8-4-9-17)14(18)7-10-19-13-6-3-5-12(15)11-13/h3,5-6,11,17H,2,4,7-10H2,1H3. The Morgan fingerprint density at radius 1 is 1.47 bits per heavy atom. The molecule has 0 fully saturated rings. The maximum absolute atomic E-state index is 12.9. The summed E-state index contributed by atoms with van der Waals surface area (Å²) in [5, 5.41) is 8.75. The Labute approximate surface area is 112 Å². The molecule has 1 amide bonds. The summed E-state index contributed by atoms with van der Waals surface area (Å²) in [6.45, 7) is 3.34. The van der Waals surface area contributed by atoms with Crippen molar-refractivity contribution < 1.29 is 19.0 Å². The van der Waals surface area contributed by atoms with Gasteiger partial charge in [-0.15, -0.1) is 0 Å². The third kappa shape index (κ3) is 5.70. The van der Waals surface area contributed by atoms with Crippen LogP contribution in [-0.4, -0.2) is 42.2 Å². The number of halogens is 1. The number of aliphatic hydroxyl groups is 1. The molecule has 0 bridgehead atoms. The Balaban J connectivity index is 2.33. The average Bonchev–Trinajstić information content (AvgIpc) is 2.39. The van der Waals surface area contributed by atoms with E-state index in [-0.39, 0.29) is 31.4 Å². The highest BCUT2D eigenvalue weighted by Gasteiger charge is 2.11. The molecule has 106 valence electrons. The van der Waals surface area contributed by atoms with E-state index in [1.807, 2.05) is 6.92 Å². The number of rotatable bonds is 8. The van der Waals surface area contributed by atoms with Crippen molar-refractivity contribution in [3.63, 3.8) is 0 Å². The first-order chi connectivity index (χ1) is 9.17. The molecule has 1 N–H and O–H groups in total. The normalized spacial score (nSPS) is 10.3. The highest BCUT2D eigenvalue weighted by molar-refractivity contribution is 5.76. The van der Waals surface area contributed by atoms with Crippen molar-refractivity contribution >= 4 is 5.91 Å². The van der Waals surface area contributed by atoms with Crippen LogP contribution in [0.25, 0.3) is 0 Å². The smallest absolute Gasteiger partial charge is 0.225 e. The van der Waals surface area contributed by atoms with E-state index in [4.69, 9.17) is 9.84 Å². The third-order valence-corrected chi connectivity index (χ3v) is 2.70. The Morgan fingerprint density at radius 2 is 2.26 bits per heavy atom. The minimum atomic E-state index is -0.359. The van der Waals surface area contributed by atoms with Gasteiger partial charge in [0, 0.05) is 25.8 Å². The predicted octanol–water partition coefficient (Wildman–Crippen LogP) is 1.83. The molecule has 0 aliphatic carbocycles. The molecule has 0 atom stereocenters. The largest absolute Gasteiger partial charge is 0.493 e. The van der Waals surface area contributed by atoms with Crippen molar-refractivity contribution in [3.8, 4) is 5.75 Å². The lowest BCUT2D eigenvalue weighted by molar-refractivity contribution is -0.131. The number of amides is 1. The lowest BCUT2D eigenvalue weighted by Gasteiger charge is -2.20. The molecule has 0 heterocycles. The van der Waals surface area contributed by atoms with Crippen LogP contribution in [0.15, 0.2) is 24.3 Å². The summed E-state index contributed by atoms with van der Waals surface area (Å²) in [6, 6.07) is 5.84. The summed E-state index contributed by atoms with van der Waals surface area (Å²) in [7, 11) is 0. The monoisotopic (exact) mass is 269 g/mol. The number of hydrogen-bond donors (Lipinski definition) is 1. The van der Waals surface area contributed by atoms with E-state index in [0.717, 1.165) is 0 Å². The molecule has 5 heteroatoms. The molecule has 1 rings (SSSR count). The summed E-state index contributed by atoms with van der Waals surface area (Å²) in [5.74, 6) is 0.0421. The van der Waals surface area contributed by atoms with Crippen molar-refractivity contribution in [1.82, 2.24) is 4.90 Å². The number of nitrogens with zero attached hydrogens (tertiary/aromatic N) is 1. The van der Waals surface area contributed by atoms with Crippen molar-refractivity contribution in [1.29, 1.82) is 0 Å². The van der Waals surface area contributed by atoms with E-state index in [1.165, 1.54) is 12.1 Å². The van der Waals surface area contributed by atoms with Crippen LogP contribution in [0, 0.1) is 5.82 Å². The summed E-state index contributed by atoms with van der Waals surface area (Å²) in [6.07, 6.45) is 0.820. The molecule has 0 radical (unpaired) electrons. The lowest BCUT2D eigenvalue weighted by Crippen LogP contribution is -2.33. The summed E-state index contributed by atoms with van der Waals surface area (Å²) >= 11 is 0. The van der Waals surface area contributed by atoms with Gasteiger partial charge in [-0.3, -0.25) is 4.79 Å². The summed E-state index contributed by atoms with van der Waals surface area (Å²) < 4.78 is 18.2. The first kappa shape index (κ1) is 15.4. The number of benzene rings is 1. The van der Waals surface area contributed by atoms with Crippen LogP contribution >= 0.6 is 0 Å². The van der Waals surface area contributed by atoms with Crippen LogP contribution < -0.4 is 4.74 Å². The molecule has 0 aliphatic heterocycles. The van der Waals surface area contributed by atoms with Gasteiger partial charge in [0.2, 0.25) is 5.91 Å². The van der Waals surface area contributed by atoms with E-state index in [0.29, 0.717) is 25.3 Å². The van der Waals surface area contributed by atoms with Crippen LogP contribution in [0.1, 0.15) is 19.8 Å². The van der Waals surface area contributed by atoms with Crippen molar-refractivity contribution in [2.75, 3.05) is 26.3 Å². The number of aliphatic hydroxyl groups excluding tert-OH is 1. The average molecular weight is 269 g/mol. The molecule has 0 saturated carbocycles. The van der Waals surface area contributed by atoms with Crippen LogP contribution in [-0.2, 0) is 4.79 Å². The fourth-order valence-corrected chi connectivity index (χ4v) is 1.69. The van der Waals surface area contributed by atoms with Gasteiger partial charge in [0.25, 0.3) is 0 Å². The number of carbonyl (C=O) groups excluding carboxylic acids is 1. The van der Waals surface area contributed by atoms with E-state index in [2.05, 4.69) is 0 Å². The fraction of sp³-hybridized carbons (Fsp3) is 0.500. The summed E-state index contributed by atoms with van der Waals surface area (Å²) in [5.41, 5.74) is 0. The molecule has 0 saturated heterocycles. The zero-order chi connectivity index (χ0) is 14.1. The second kappa shape index (κ2) is 8.48. The minimum Gasteiger partial charge on any atom is -0.493 e. The zero-order valence-corrected chi connectivity index (χ0v) is 11.1. The molecular weight excluding hydrogens is 249 g/mol. The van der Waals surface area contributed by atoms with Gasteiger partial charge >= 0.3 is 0 Å². The number of ether oxygens (including phenoxy) is 1. The Morgan fingerprint density at radius 3 is 2.89 bits per heavy atom. The molecule has 0 unspecified atom stereocenters. The van der Waals surface area contributed by atoms with Crippen molar-refractivity contribution in [2.24, 2.45) is 0 Å². The highest BCUT2D eigenvalue weighted by atomic mass is 19.1. The molecule has 0 spiro atoms. The molecule has 19 heavy (non-hydrogen) atoms. The van der Waals surface area contributed by atoms with Crippen LogP contribution in [0.4, 0.5) is 4.39 Å². The number of hydrogen-bond acceptors (Lipinski definition) is 3. The quantitative estimate of drug-likeness (QED) is 0.783. The Hall–Kier alpha value is -1.62. The predicted molar refractivity (Wildman–Crippen MR) is 70.5 cm³/mol. The van der Waals surface area contributed by atoms with Gasteiger partial charge in [0.05, 0.1) is 13.0 Å². The molecule has 4 nitrogen and oxygen atoms in total. The first-order valence-electron chi connectivity index (χ1n) is 6.44. The molecule has 0 aromatic heterocycles. The van der Waals surface area contributed by atoms with E-state index in [1.54, 1.807) is 17.0 Å². The maximum atomic E-state index is 12.9. The first-order valence-corrected chi connectivity index (χ1v) is 6.44. The van der Waals surface area contributed by atoms with Crippen molar-refractivity contribution in [3.05, 3.63) is 30.1 Å². The van der Waals surface area contributed by atoms with Gasteiger partial charge in [-0.2, -0.15) is 0 Å². The van der Waals surface area contributed by atoms with Gasteiger partial charge in [-0.25, -0.2) is 4.39 Å². The second-order valence-electron chi connectivity index (χ2n) is 4.11. The Kier molecular flexibility index (Phi) is 6.89. The molecule has 0 aliphatic rings. The Bertz CT molecular complexity index is 398. The molecule has 1 aromatic rings. The maximum Gasteiger partial charge on any atom is 0.225 e. The SMILES string of the molecule is CCN(CCCO)C(=O)CCOc1cccc(F)c1. The zero-order valence-electron chi connectivity index (χ0n) is 11.1. The van der Waals surface area contributed by atoms with Gasteiger partial charge in [0.1, 0.15) is 11.6 Å². The molecule has 1 aromatic carbocycles. The van der Waals surface area contributed by atoms with Crippen LogP contribution in [0.2, 0.25) is 0 Å². The van der Waals surface area contributed by atoms with E-state index in [9.17, 15) is 9.18 Å². The summed E-state index contributed by atoms with van der Waals surface area (Å²) in [4.78, 5) is 13.5. The van der Waals surface area contributed by atoms with E-state index >= 15 is 0 Å². The number of carbonyl (C=O) groups is 1. The fourth-order valence-electron chi connectivity index (χ4n) is 1.69. The topological polar surface area (TPSA) is 49.8 Å². The molecular formula is C14H20FNO3. The lowest BCUT2D eigenvalue weighted by atomic mass is 10.3. The highest BCUT2D eigenvalue weighted by Crippen LogP contribution is 2.12. The van der Waals surface area contributed by atoms with Crippen LogP contribution in [0.5, 0.6) is 5.75 Å². The minimum absolute atomic E-state index is 0.0210. The van der Waals surface area contributed by atoms with Crippen molar-refractivity contribution in [2.45, 2.75) is 19.8 Å². The van der Waals surface area contributed by atoms with Gasteiger partial charge < -0.3 is 14.7 Å². The third-order valence-electron chi connectivity index (χ3n) is 2.70. The van der Waals surface area contributed by atoms with Gasteiger partial charge in [-0.05, 0) is 25.5 Å². The van der Waals surface area contributed by atoms with E-state index < -0.39 is 0 Å².